The molecule has 0 spiro atoms. The summed E-state index contributed by atoms with van der Waals surface area (Å²) in [6.07, 6.45) is 17.4. The maximum absolute atomic E-state index is 4.68. The molecule has 1 aromatic rings. The van der Waals surface area contributed by atoms with E-state index < -0.39 is 0 Å². The Morgan fingerprint density at radius 2 is 1.50 bits per heavy atom. The second-order valence-electron chi connectivity index (χ2n) is 8.68. The summed E-state index contributed by atoms with van der Waals surface area (Å²) in [5, 5.41) is 2.45. The normalized spacial score (nSPS) is 29.1. The van der Waals surface area contributed by atoms with Crippen LogP contribution in [0.1, 0.15) is 95.5 Å². The Morgan fingerprint density at radius 3 is 2.08 bits per heavy atom. The largest absolute Gasteiger partial charge is 0.195 e. The van der Waals surface area contributed by atoms with Crippen molar-refractivity contribution in [3.8, 4) is 0 Å². The molecule has 2 heteroatoms. The lowest BCUT2D eigenvalue weighted by molar-refractivity contribution is 0.155. The minimum absolute atomic E-state index is 0.752. The van der Waals surface area contributed by atoms with Crippen LogP contribution in [0.2, 0.25) is 0 Å². The van der Waals surface area contributed by atoms with Crippen LogP contribution < -0.4 is 0 Å². The average molecular weight is 370 g/mol. The molecule has 0 aliphatic heterocycles. The van der Waals surface area contributed by atoms with Gasteiger partial charge >= 0.3 is 0 Å². The van der Waals surface area contributed by atoms with Crippen molar-refractivity contribution in [3.63, 3.8) is 0 Å². The van der Waals surface area contributed by atoms with E-state index in [-0.39, 0.29) is 0 Å². The van der Waals surface area contributed by atoms with E-state index in [1.165, 1.54) is 82.6 Å². The summed E-state index contributed by atoms with van der Waals surface area (Å²) in [5.41, 5.74) is 2.42. The average Bonchev–Trinajstić information content (AvgIpc) is 2.70. The van der Waals surface area contributed by atoms with Crippen LogP contribution in [0, 0.1) is 17.8 Å². The fourth-order valence-corrected chi connectivity index (χ4v) is 5.53. The quantitative estimate of drug-likeness (QED) is 0.269. The van der Waals surface area contributed by atoms with Crippen molar-refractivity contribution in [2.75, 3.05) is 0 Å². The molecule has 3 rings (SSSR count). The van der Waals surface area contributed by atoms with Crippen molar-refractivity contribution >= 4 is 23.1 Å². The number of unbranched alkanes of at least 4 members (excludes halogenated alkanes) is 2. The first-order chi connectivity index (χ1) is 12.8. The predicted octanol–water partition coefficient (Wildman–Crippen LogP) is 8.08. The Kier molecular flexibility index (Phi) is 7.89. The number of nitrogens with zero attached hydrogens (tertiary/aromatic N) is 1. The molecule has 1 aromatic carbocycles. The SMILES string of the molecule is CCCCCC1CCC(C2CCC(c3ccc(N=C=S)cc3)CC2)CC1. The fourth-order valence-electron chi connectivity index (χ4n) is 5.43. The number of rotatable bonds is 7. The topological polar surface area (TPSA) is 12.4 Å². The van der Waals surface area contributed by atoms with Crippen LogP contribution in [-0.4, -0.2) is 5.16 Å². The molecule has 26 heavy (non-hydrogen) atoms. The Labute approximate surface area is 165 Å². The maximum atomic E-state index is 4.68. The van der Waals surface area contributed by atoms with Crippen molar-refractivity contribution in [3.05, 3.63) is 29.8 Å². The zero-order chi connectivity index (χ0) is 18.2. The summed E-state index contributed by atoms with van der Waals surface area (Å²) in [6.45, 7) is 2.31. The van der Waals surface area contributed by atoms with Gasteiger partial charge in [-0.2, -0.15) is 4.99 Å². The third-order valence-electron chi connectivity index (χ3n) is 7.09. The second kappa shape index (κ2) is 10.4. The first-order valence-corrected chi connectivity index (χ1v) is 11.4. The standard InChI is InChI=1S/C24H35NS/c1-2-3-4-5-19-6-8-20(9-7-19)21-10-12-22(13-11-21)23-14-16-24(17-15-23)25-18-26/h14-17,19-22H,2-13H2,1H3. The van der Waals surface area contributed by atoms with Gasteiger partial charge in [-0.15, -0.1) is 0 Å². The van der Waals surface area contributed by atoms with Gasteiger partial charge in [0.25, 0.3) is 0 Å². The lowest BCUT2D eigenvalue weighted by Gasteiger charge is -2.38. The first kappa shape index (κ1) is 19.8. The summed E-state index contributed by atoms with van der Waals surface area (Å²) in [5.74, 6) is 3.82. The number of aliphatic imine (C=N–C) groups is 1. The van der Waals surface area contributed by atoms with Crippen LogP contribution in [0.4, 0.5) is 5.69 Å². The number of hydrogen-bond donors (Lipinski definition) is 0. The molecule has 0 bridgehead atoms. The van der Waals surface area contributed by atoms with Gasteiger partial charge in [0.05, 0.1) is 10.8 Å². The van der Waals surface area contributed by atoms with Crippen molar-refractivity contribution in [2.24, 2.45) is 22.7 Å². The maximum Gasteiger partial charge on any atom is 0.0739 e. The summed E-state index contributed by atoms with van der Waals surface area (Å²) in [4.78, 5) is 4.06. The third kappa shape index (κ3) is 5.51. The lowest BCUT2D eigenvalue weighted by atomic mass is 9.68. The molecular formula is C24H35NS. The Balaban J connectivity index is 1.42. The van der Waals surface area contributed by atoms with Gasteiger partial charge in [0, 0.05) is 0 Å². The lowest BCUT2D eigenvalue weighted by Crippen LogP contribution is -2.25. The van der Waals surface area contributed by atoms with Crippen molar-refractivity contribution in [1.82, 2.24) is 0 Å². The highest BCUT2D eigenvalue weighted by atomic mass is 32.1. The minimum atomic E-state index is 0.752. The number of hydrogen-bond acceptors (Lipinski definition) is 2. The van der Waals surface area contributed by atoms with E-state index in [1.807, 2.05) is 0 Å². The van der Waals surface area contributed by atoms with E-state index in [1.54, 1.807) is 0 Å². The van der Waals surface area contributed by atoms with Gasteiger partial charge in [-0.25, -0.2) is 0 Å². The van der Waals surface area contributed by atoms with E-state index in [0.29, 0.717) is 0 Å². The molecule has 0 radical (unpaired) electrons. The van der Waals surface area contributed by atoms with Gasteiger partial charge in [-0.05, 0) is 92.1 Å². The van der Waals surface area contributed by atoms with E-state index in [2.05, 4.69) is 53.6 Å². The molecule has 0 heterocycles. The molecule has 0 amide bonds. The highest BCUT2D eigenvalue weighted by molar-refractivity contribution is 7.78. The molecule has 0 saturated heterocycles. The number of isothiocyanates is 1. The summed E-state index contributed by atoms with van der Waals surface area (Å²) in [7, 11) is 0. The molecule has 142 valence electrons. The summed E-state index contributed by atoms with van der Waals surface area (Å²) < 4.78 is 0. The highest BCUT2D eigenvalue weighted by Gasteiger charge is 2.31. The molecule has 2 fully saturated rings. The Hall–Kier alpha value is -0.980. The molecule has 0 aromatic heterocycles. The van der Waals surface area contributed by atoms with Crippen LogP contribution in [0.15, 0.2) is 29.3 Å². The van der Waals surface area contributed by atoms with E-state index in [9.17, 15) is 0 Å². The van der Waals surface area contributed by atoms with Crippen LogP contribution in [0.25, 0.3) is 0 Å². The second-order valence-corrected chi connectivity index (χ2v) is 8.87. The van der Waals surface area contributed by atoms with Gasteiger partial charge in [-0.3, -0.25) is 0 Å². The Bertz CT molecular complexity index is 571. The van der Waals surface area contributed by atoms with Crippen LogP contribution in [0.5, 0.6) is 0 Å². The van der Waals surface area contributed by atoms with Gasteiger partial charge < -0.3 is 0 Å². The zero-order valence-corrected chi connectivity index (χ0v) is 17.3. The molecular weight excluding hydrogens is 334 g/mol. The van der Waals surface area contributed by atoms with Crippen LogP contribution >= 0.6 is 12.2 Å². The van der Waals surface area contributed by atoms with Crippen molar-refractivity contribution < 1.29 is 0 Å². The molecule has 0 atom stereocenters. The van der Waals surface area contributed by atoms with Gasteiger partial charge in [0.1, 0.15) is 0 Å². The van der Waals surface area contributed by atoms with Gasteiger partial charge in [0.2, 0.25) is 0 Å². The molecule has 0 unspecified atom stereocenters. The van der Waals surface area contributed by atoms with Gasteiger partial charge in [-0.1, -0.05) is 57.6 Å². The van der Waals surface area contributed by atoms with Gasteiger partial charge in [0.15, 0.2) is 0 Å². The number of thiocarbonyl (C=S) groups is 1. The molecule has 2 aliphatic rings. The van der Waals surface area contributed by atoms with E-state index in [4.69, 9.17) is 0 Å². The predicted molar refractivity (Wildman–Crippen MR) is 115 cm³/mol. The van der Waals surface area contributed by atoms with Crippen molar-refractivity contribution in [2.45, 2.75) is 89.9 Å². The molecule has 2 saturated carbocycles. The minimum Gasteiger partial charge on any atom is -0.195 e. The van der Waals surface area contributed by atoms with E-state index >= 15 is 0 Å². The third-order valence-corrected chi connectivity index (χ3v) is 7.18. The van der Waals surface area contributed by atoms with Crippen molar-refractivity contribution in [1.29, 1.82) is 0 Å². The number of benzene rings is 1. The first-order valence-electron chi connectivity index (χ1n) is 11.0. The van der Waals surface area contributed by atoms with Crippen LogP contribution in [0.3, 0.4) is 0 Å². The summed E-state index contributed by atoms with van der Waals surface area (Å²) in [6, 6.07) is 8.66. The molecule has 1 nitrogen and oxygen atoms in total. The molecule has 0 N–H and O–H groups in total. The monoisotopic (exact) mass is 369 g/mol. The smallest absolute Gasteiger partial charge is 0.0739 e. The summed E-state index contributed by atoms with van der Waals surface area (Å²) >= 11 is 4.68. The molecule has 2 aliphatic carbocycles. The zero-order valence-electron chi connectivity index (χ0n) is 16.5. The highest BCUT2D eigenvalue weighted by Crippen LogP contribution is 2.44. The van der Waals surface area contributed by atoms with E-state index in [0.717, 1.165) is 29.4 Å². The van der Waals surface area contributed by atoms with Crippen LogP contribution in [-0.2, 0) is 0 Å². The fraction of sp³-hybridized carbons (Fsp3) is 0.708. The Morgan fingerprint density at radius 1 is 0.885 bits per heavy atom.